The van der Waals surface area contributed by atoms with Crippen LogP contribution in [0, 0.1) is 0 Å². The highest BCUT2D eigenvalue weighted by molar-refractivity contribution is 6.70. The monoisotopic (exact) mass is 604 g/mol. The fourth-order valence-electron chi connectivity index (χ4n) is 5.59. The summed E-state index contributed by atoms with van der Waals surface area (Å²) in [5, 5.41) is 0. The van der Waals surface area contributed by atoms with E-state index in [4.69, 9.17) is 8.85 Å². The van der Waals surface area contributed by atoms with Crippen LogP contribution in [0.5, 0.6) is 0 Å². The van der Waals surface area contributed by atoms with E-state index in [-0.39, 0.29) is 0 Å². The normalized spacial score (nSPS) is 20.4. The maximum atomic E-state index is 6.67. The van der Waals surface area contributed by atoms with Gasteiger partial charge in [-0.3, -0.25) is 0 Å². The Bertz CT molecular complexity index is 1090. The van der Waals surface area contributed by atoms with Crippen LogP contribution in [0.4, 0.5) is 0 Å². The van der Waals surface area contributed by atoms with Gasteiger partial charge in [-0.25, -0.2) is 0 Å². The minimum Gasteiger partial charge on any atom is -0.542 e. The molecule has 0 atom stereocenters. The Morgan fingerprint density at radius 2 is 0.690 bits per heavy atom. The first-order chi connectivity index (χ1) is 20.1. The highest BCUT2D eigenvalue weighted by Crippen LogP contribution is 2.25. The molecule has 0 unspecified atom stereocenters. The third kappa shape index (κ3) is 14.9. The van der Waals surface area contributed by atoms with Crippen molar-refractivity contribution in [3.05, 3.63) is 94.5 Å². The molecule has 0 aliphatic heterocycles. The summed E-state index contributed by atoms with van der Waals surface area (Å²) in [6, 6.07) is 18.8. The van der Waals surface area contributed by atoms with Crippen LogP contribution in [0.3, 0.4) is 0 Å². The average Bonchev–Trinajstić information content (AvgIpc) is 2.92. The fraction of sp³-hybridized carbons (Fsp3) is 0.579. The number of allylic oxidation sites excluding steroid dienone is 2. The molecular formula is C38H60O2Si2. The number of aryl methyl sites for hydroxylation is 4. The highest BCUT2D eigenvalue weighted by atomic mass is 28.4. The van der Waals surface area contributed by atoms with Gasteiger partial charge in [0.1, 0.15) is 11.5 Å². The molecule has 0 saturated carbocycles. The van der Waals surface area contributed by atoms with Crippen LogP contribution in [0.2, 0.25) is 39.3 Å². The summed E-state index contributed by atoms with van der Waals surface area (Å²) in [5.74, 6) is 1.95. The summed E-state index contributed by atoms with van der Waals surface area (Å²) >= 11 is 0. The Kier molecular flexibility index (Phi) is 14.7. The van der Waals surface area contributed by atoms with Crippen molar-refractivity contribution in [1.82, 2.24) is 0 Å². The molecule has 2 aromatic rings. The van der Waals surface area contributed by atoms with E-state index in [0.717, 1.165) is 43.6 Å². The standard InChI is InChI=1S/C38H60O2Si2/c1-41(2,3)39-37-23-17-13-16-21-35-27-25-33(26-28-35)19-14-11-9-7-8-10-12-15-20-34-29-31-36(32-30-34)22-18-24-38(37)40-42(4,5)6/h23-32H,7-22H2,1-6H3/b37-23-,38-24-. The molecule has 0 N–H and O–H groups in total. The molecule has 4 aliphatic carbocycles. The van der Waals surface area contributed by atoms with Gasteiger partial charge in [0, 0.05) is 0 Å². The second-order valence-electron chi connectivity index (χ2n) is 14.3. The third-order valence-electron chi connectivity index (χ3n) is 7.81. The van der Waals surface area contributed by atoms with Gasteiger partial charge in [0.15, 0.2) is 0 Å². The summed E-state index contributed by atoms with van der Waals surface area (Å²) in [4.78, 5) is 0. The zero-order valence-corrected chi connectivity index (χ0v) is 29.9. The Hall–Kier alpha value is -2.05. The first-order valence-electron chi connectivity index (χ1n) is 17.0. The first-order valence-corrected chi connectivity index (χ1v) is 23.8. The van der Waals surface area contributed by atoms with Crippen molar-refractivity contribution in [2.45, 2.75) is 142 Å². The lowest BCUT2D eigenvalue weighted by molar-refractivity contribution is 0.338. The van der Waals surface area contributed by atoms with Gasteiger partial charge in [-0.05, 0) is 138 Å². The van der Waals surface area contributed by atoms with E-state index in [0.29, 0.717) is 0 Å². The van der Waals surface area contributed by atoms with E-state index in [1.165, 1.54) is 92.9 Å². The highest BCUT2D eigenvalue weighted by Gasteiger charge is 2.24. The van der Waals surface area contributed by atoms with Gasteiger partial charge in [-0.1, -0.05) is 87.1 Å². The number of rotatable bonds is 4. The zero-order chi connectivity index (χ0) is 30.3. The molecule has 0 fully saturated rings. The molecule has 0 spiro atoms. The van der Waals surface area contributed by atoms with Gasteiger partial charge in [-0.2, -0.15) is 0 Å². The van der Waals surface area contributed by atoms with Crippen molar-refractivity contribution in [3.63, 3.8) is 0 Å². The summed E-state index contributed by atoms with van der Waals surface area (Å²) in [5.41, 5.74) is 5.84. The van der Waals surface area contributed by atoms with Crippen LogP contribution < -0.4 is 0 Å². The van der Waals surface area contributed by atoms with Crippen LogP contribution in [0.1, 0.15) is 99.3 Å². The number of hydrogen-bond donors (Lipinski definition) is 0. The van der Waals surface area contributed by atoms with Crippen molar-refractivity contribution in [2.75, 3.05) is 0 Å². The van der Waals surface area contributed by atoms with Gasteiger partial charge >= 0.3 is 0 Å². The van der Waals surface area contributed by atoms with Crippen molar-refractivity contribution in [1.29, 1.82) is 0 Å². The van der Waals surface area contributed by atoms with Gasteiger partial charge in [0.05, 0.1) is 0 Å². The number of hydrogen-bond acceptors (Lipinski definition) is 2. The summed E-state index contributed by atoms with van der Waals surface area (Å²) in [7, 11) is -3.59. The summed E-state index contributed by atoms with van der Waals surface area (Å²) < 4.78 is 13.3. The molecule has 4 aliphatic rings. The zero-order valence-electron chi connectivity index (χ0n) is 27.9. The van der Waals surface area contributed by atoms with E-state index < -0.39 is 16.6 Å². The molecule has 0 radical (unpaired) electrons. The molecule has 0 amide bonds. The van der Waals surface area contributed by atoms with Gasteiger partial charge in [0.2, 0.25) is 16.6 Å². The quantitative estimate of drug-likeness (QED) is 0.323. The fourth-order valence-corrected chi connectivity index (χ4v) is 7.27. The van der Waals surface area contributed by atoms with Crippen molar-refractivity contribution in [2.24, 2.45) is 0 Å². The maximum absolute atomic E-state index is 6.67. The van der Waals surface area contributed by atoms with E-state index in [1.807, 2.05) is 0 Å². The number of benzene rings is 2. The Balaban J connectivity index is 1.73. The molecule has 0 aromatic heterocycles. The van der Waals surface area contributed by atoms with Crippen LogP contribution in [0.25, 0.3) is 0 Å². The molecule has 4 bridgehead atoms. The molecule has 0 saturated heterocycles. The van der Waals surface area contributed by atoms with Gasteiger partial charge < -0.3 is 8.85 Å². The Morgan fingerprint density at radius 3 is 1.07 bits per heavy atom. The van der Waals surface area contributed by atoms with E-state index in [2.05, 4.69) is 100.0 Å². The van der Waals surface area contributed by atoms with Crippen molar-refractivity contribution >= 4 is 16.6 Å². The topological polar surface area (TPSA) is 18.5 Å². The lowest BCUT2D eigenvalue weighted by atomic mass is 10.0. The Morgan fingerprint density at radius 1 is 0.381 bits per heavy atom. The van der Waals surface area contributed by atoms with Gasteiger partial charge in [0.25, 0.3) is 0 Å². The molecule has 42 heavy (non-hydrogen) atoms. The lowest BCUT2D eigenvalue weighted by Gasteiger charge is -2.28. The minimum atomic E-state index is -1.80. The molecular weight excluding hydrogens is 545 g/mol. The van der Waals surface area contributed by atoms with Gasteiger partial charge in [-0.15, -0.1) is 0 Å². The second-order valence-corrected chi connectivity index (χ2v) is 23.2. The first kappa shape index (κ1) is 34.4. The van der Waals surface area contributed by atoms with E-state index in [1.54, 1.807) is 0 Å². The molecule has 232 valence electrons. The van der Waals surface area contributed by atoms with E-state index >= 15 is 0 Å². The molecule has 6 rings (SSSR count). The van der Waals surface area contributed by atoms with Crippen molar-refractivity contribution in [3.8, 4) is 0 Å². The van der Waals surface area contributed by atoms with Crippen LogP contribution in [-0.2, 0) is 34.5 Å². The minimum absolute atomic E-state index is 0.960. The van der Waals surface area contributed by atoms with Crippen LogP contribution in [-0.4, -0.2) is 16.6 Å². The predicted molar refractivity (Wildman–Crippen MR) is 188 cm³/mol. The smallest absolute Gasteiger partial charge is 0.242 e. The third-order valence-corrected chi connectivity index (χ3v) is 9.48. The summed E-state index contributed by atoms with van der Waals surface area (Å²) in [6.07, 6.45) is 24.5. The Labute approximate surface area is 261 Å². The average molecular weight is 605 g/mol. The second kappa shape index (κ2) is 17.9. The van der Waals surface area contributed by atoms with Crippen LogP contribution in [0.15, 0.2) is 72.2 Å². The largest absolute Gasteiger partial charge is 0.542 e. The maximum Gasteiger partial charge on any atom is 0.242 e. The lowest BCUT2D eigenvalue weighted by Crippen LogP contribution is -2.29. The molecule has 4 heteroatoms. The molecule has 2 nitrogen and oxygen atoms in total. The summed E-state index contributed by atoms with van der Waals surface area (Å²) in [6.45, 7) is 13.6. The van der Waals surface area contributed by atoms with Crippen LogP contribution >= 0.6 is 0 Å². The predicted octanol–water partition coefficient (Wildman–Crippen LogP) is 11.7. The van der Waals surface area contributed by atoms with Crippen molar-refractivity contribution < 1.29 is 8.85 Å². The molecule has 2 aromatic carbocycles. The van der Waals surface area contributed by atoms with E-state index in [9.17, 15) is 0 Å². The SMILES string of the molecule is C[Si](C)(C)OC1=C\CCCCc2ccc(cc2)CCCCCCCCCCc2ccc(cc2)CC\C=C\1O[Si](C)(C)C. The molecule has 0 heterocycles.